The van der Waals surface area contributed by atoms with Crippen molar-refractivity contribution in [3.05, 3.63) is 81.8 Å². The molecule has 0 saturated carbocycles. The Labute approximate surface area is 156 Å². The highest BCUT2D eigenvalue weighted by molar-refractivity contribution is 5.94. The number of rotatable bonds is 4. The number of hydrogen-bond acceptors (Lipinski definition) is 1. The zero-order valence-corrected chi connectivity index (χ0v) is 16.1. The van der Waals surface area contributed by atoms with E-state index in [9.17, 15) is 0 Å². The van der Waals surface area contributed by atoms with Gasteiger partial charge in [0.25, 0.3) is 0 Å². The first-order valence-corrected chi connectivity index (χ1v) is 9.62. The molecule has 0 aliphatic heterocycles. The molecule has 1 aromatic heterocycles. The van der Waals surface area contributed by atoms with Crippen molar-refractivity contribution in [2.45, 2.75) is 47.0 Å². The van der Waals surface area contributed by atoms with Crippen LogP contribution in [0.25, 0.3) is 22.8 Å². The molecule has 1 nitrogen and oxygen atoms in total. The van der Waals surface area contributed by atoms with E-state index in [2.05, 4.69) is 69.3 Å². The minimum Gasteiger partial charge on any atom is -0.461 e. The van der Waals surface area contributed by atoms with Crippen molar-refractivity contribution in [1.82, 2.24) is 0 Å². The molecule has 0 radical (unpaired) electrons. The van der Waals surface area contributed by atoms with Crippen LogP contribution in [0, 0.1) is 13.8 Å². The van der Waals surface area contributed by atoms with Crippen molar-refractivity contribution in [1.29, 1.82) is 0 Å². The van der Waals surface area contributed by atoms with Gasteiger partial charge in [0.05, 0.1) is 0 Å². The maximum Gasteiger partial charge on any atom is 0.130 e. The van der Waals surface area contributed by atoms with Crippen LogP contribution in [0.15, 0.2) is 46.9 Å². The van der Waals surface area contributed by atoms with Gasteiger partial charge in [0.15, 0.2) is 0 Å². The Morgan fingerprint density at radius 1 is 0.962 bits per heavy atom. The van der Waals surface area contributed by atoms with Gasteiger partial charge in [-0.15, -0.1) is 0 Å². The van der Waals surface area contributed by atoms with Gasteiger partial charge in [-0.1, -0.05) is 50.2 Å². The fourth-order valence-electron chi connectivity index (χ4n) is 3.93. The summed E-state index contributed by atoms with van der Waals surface area (Å²) in [4.78, 5) is 0. The second-order valence-corrected chi connectivity index (χ2v) is 7.28. The van der Waals surface area contributed by atoms with Crippen LogP contribution >= 0.6 is 0 Å². The van der Waals surface area contributed by atoms with E-state index in [0.717, 1.165) is 30.8 Å². The normalized spacial score (nSPS) is 13.0. The lowest BCUT2D eigenvalue weighted by Crippen LogP contribution is -1.95. The number of hydrogen-bond donors (Lipinski definition) is 0. The zero-order chi connectivity index (χ0) is 18.3. The number of aryl methyl sites for hydroxylation is 4. The summed E-state index contributed by atoms with van der Waals surface area (Å²) in [6.45, 7) is 8.61. The van der Waals surface area contributed by atoms with Gasteiger partial charge >= 0.3 is 0 Å². The molecule has 1 aliphatic rings. The number of furan rings is 1. The Bertz CT molecular complexity index is 981. The topological polar surface area (TPSA) is 13.1 Å². The van der Waals surface area contributed by atoms with Crippen LogP contribution in [0.5, 0.6) is 0 Å². The van der Waals surface area contributed by atoms with Crippen molar-refractivity contribution in [3.63, 3.8) is 0 Å². The Balaban J connectivity index is 1.87. The molecular formula is C25H26O. The van der Waals surface area contributed by atoms with E-state index in [1.807, 2.05) is 6.92 Å². The molecule has 3 aromatic rings. The second-order valence-electron chi connectivity index (χ2n) is 7.28. The van der Waals surface area contributed by atoms with Crippen molar-refractivity contribution in [3.8, 4) is 11.1 Å². The average Bonchev–Trinajstić information content (AvgIpc) is 3.24. The van der Waals surface area contributed by atoms with Gasteiger partial charge in [-0.05, 0) is 83.3 Å². The highest BCUT2D eigenvalue weighted by Gasteiger charge is 2.22. The van der Waals surface area contributed by atoms with E-state index in [4.69, 9.17) is 4.42 Å². The molecule has 0 fully saturated rings. The van der Waals surface area contributed by atoms with Crippen molar-refractivity contribution in [2.24, 2.45) is 0 Å². The molecule has 0 unspecified atom stereocenters. The van der Waals surface area contributed by atoms with Crippen LogP contribution in [0.3, 0.4) is 0 Å². The lowest BCUT2D eigenvalue weighted by Gasteiger charge is -2.14. The van der Waals surface area contributed by atoms with Crippen LogP contribution < -0.4 is 0 Å². The molecule has 1 heterocycles. The van der Waals surface area contributed by atoms with Gasteiger partial charge in [0, 0.05) is 6.42 Å². The highest BCUT2D eigenvalue weighted by atomic mass is 16.3. The smallest absolute Gasteiger partial charge is 0.130 e. The van der Waals surface area contributed by atoms with E-state index in [1.54, 1.807) is 0 Å². The predicted octanol–water partition coefficient (Wildman–Crippen LogP) is 6.78. The molecule has 0 saturated heterocycles. The van der Waals surface area contributed by atoms with Crippen LogP contribution in [-0.2, 0) is 19.3 Å². The average molecular weight is 342 g/mol. The molecule has 2 aromatic carbocycles. The van der Waals surface area contributed by atoms with Gasteiger partial charge < -0.3 is 4.42 Å². The van der Waals surface area contributed by atoms with Crippen LogP contribution in [0.4, 0.5) is 0 Å². The molecule has 26 heavy (non-hydrogen) atoms. The fourth-order valence-corrected chi connectivity index (χ4v) is 3.93. The summed E-state index contributed by atoms with van der Waals surface area (Å²) in [5.74, 6) is 2.03. The minimum atomic E-state index is 0.951. The van der Waals surface area contributed by atoms with Crippen molar-refractivity contribution in [2.75, 3.05) is 0 Å². The summed E-state index contributed by atoms with van der Waals surface area (Å²) in [6, 6.07) is 15.8. The van der Waals surface area contributed by atoms with E-state index in [-0.39, 0.29) is 0 Å². The highest BCUT2D eigenvalue weighted by Crippen LogP contribution is 2.40. The monoisotopic (exact) mass is 342 g/mol. The van der Waals surface area contributed by atoms with Gasteiger partial charge in [-0.3, -0.25) is 0 Å². The van der Waals surface area contributed by atoms with E-state index in [0.29, 0.717) is 0 Å². The summed E-state index contributed by atoms with van der Waals surface area (Å²) in [5, 5.41) is 0. The predicted molar refractivity (Wildman–Crippen MR) is 110 cm³/mol. The van der Waals surface area contributed by atoms with E-state index < -0.39 is 0 Å². The number of benzene rings is 2. The third-order valence-corrected chi connectivity index (χ3v) is 5.61. The molecule has 1 heteroatoms. The van der Waals surface area contributed by atoms with Crippen LogP contribution in [0.2, 0.25) is 0 Å². The summed E-state index contributed by atoms with van der Waals surface area (Å²) in [7, 11) is 0. The minimum absolute atomic E-state index is 0.951. The Kier molecular flexibility index (Phi) is 4.32. The summed E-state index contributed by atoms with van der Waals surface area (Å²) in [5.41, 5.74) is 10.8. The molecular weight excluding hydrogens is 316 g/mol. The summed E-state index contributed by atoms with van der Waals surface area (Å²) >= 11 is 0. The molecule has 132 valence electrons. The molecule has 0 bridgehead atoms. The number of fused-ring (bicyclic) bond motifs is 1. The first-order valence-electron chi connectivity index (χ1n) is 9.62. The van der Waals surface area contributed by atoms with Crippen molar-refractivity contribution >= 4 is 11.6 Å². The molecule has 0 spiro atoms. The van der Waals surface area contributed by atoms with Gasteiger partial charge in [0.2, 0.25) is 0 Å². The lowest BCUT2D eigenvalue weighted by atomic mass is 9.90. The fraction of sp³-hybridized carbons (Fsp3) is 0.280. The lowest BCUT2D eigenvalue weighted by molar-refractivity contribution is 0.518. The maximum atomic E-state index is 6.00. The largest absolute Gasteiger partial charge is 0.461 e. The molecule has 4 rings (SSSR count). The third-order valence-electron chi connectivity index (χ3n) is 5.61. The first kappa shape index (κ1) is 16.9. The Morgan fingerprint density at radius 3 is 2.50 bits per heavy atom. The van der Waals surface area contributed by atoms with Gasteiger partial charge in [0.1, 0.15) is 11.5 Å². The standard InChI is InChI=1S/C25H26O/c1-5-18-8-7-9-21(13-18)25-19(6-2)10-11-20-14-22(15-23(20)25)24-12-16(3)17(4)26-24/h7-13,15H,5-6,14H2,1-4H3. The van der Waals surface area contributed by atoms with Crippen molar-refractivity contribution < 1.29 is 4.42 Å². The van der Waals surface area contributed by atoms with Crippen LogP contribution in [-0.4, -0.2) is 0 Å². The second kappa shape index (κ2) is 6.64. The van der Waals surface area contributed by atoms with E-state index >= 15 is 0 Å². The molecule has 0 N–H and O–H groups in total. The molecule has 1 aliphatic carbocycles. The van der Waals surface area contributed by atoms with E-state index in [1.165, 1.54) is 44.5 Å². The summed E-state index contributed by atoms with van der Waals surface area (Å²) < 4.78 is 6.00. The molecule has 0 atom stereocenters. The first-order chi connectivity index (χ1) is 12.6. The maximum absolute atomic E-state index is 6.00. The summed E-state index contributed by atoms with van der Waals surface area (Å²) in [6.07, 6.45) is 5.41. The number of allylic oxidation sites excluding steroid dienone is 1. The zero-order valence-electron chi connectivity index (χ0n) is 16.1. The van der Waals surface area contributed by atoms with Gasteiger partial charge in [-0.2, -0.15) is 0 Å². The SMILES string of the molecule is CCc1cccc(-c2c(CC)ccc3c2C=C(c2cc(C)c(C)o2)C3)c1. The third kappa shape index (κ3) is 2.82. The Hall–Kier alpha value is -2.54. The Morgan fingerprint density at radius 2 is 1.81 bits per heavy atom. The quantitative estimate of drug-likeness (QED) is 0.509. The van der Waals surface area contributed by atoms with Gasteiger partial charge in [-0.25, -0.2) is 0 Å². The molecule has 0 amide bonds. The van der Waals surface area contributed by atoms with Crippen LogP contribution in [0.1, 0.15) is 53.2 Å².